The monoisotopic (exact) mass is 246 g/mol. The minimum absolute atomic E-state index is 0.0377. The van der Waals surface area contributed by atoms with E-state index >= 15 is 0 Å². The molecule has 1 atom stereocenters. The van der Waals surface area contributed by atoms with Gasteiger partial charge in [-0.2, -0.15) is 0 Å². The van der Waals surface area contributed by atoms with Crippen molar-refractivity contribution >= 4 is 11.8 Å². The van der Waals surface area contributed by atoms with E-state index in [4.69, 9.17) is 5.73 Å². The Balaban J connectivity index is 2.14. The lowest BCUT2D eigenvalue weighted by Gasteiger charge is -2.05. The number of nitrogens with two attached hydrogens (primary N) is 1. The Morgan fingerprint density at radius 1 is 1.24 bits per heavy atom. The van der Waals surface area contributed by atoms with Gasteiger partial charge >= 0.3 is 0 Å². The highest BCUT2D eigenvalue weighted by molar-refractivity contribution is 7.99. The van der Waals surface area contributed by atoms with Gasteiger partial charge < -0.3 is 5.73 Å². The first-order chi connectivity index (χ1) is 8.15. The van der Waals surface area contributed by atoms with Crippen LogP contribution in [0.15, 0.2) is 40.6 Å². The molecule has 5 heteroatoms. The quantitative estimate of drug-likeness (QED) is 0.842. The van der Waals surface area contributed by atoms with Crippen LogP contribution in [-0.2, 0) is 0 Å². The molecule has 0 spiro atoms. The minimum atomic E-state index is -0.0377. The Labute approximate surface area is 105 Å². The molecule has 2 aromatic heterocycles. The van der Waals surface area contributed by atoms with Crippen LogP contribution in [0.1, 0.15) is 24.4 Å². The minimum Gasteiger partial charge on any atom is -0.323 e. The molecule has 0 saturated heterocycles. The molecule has 2 aromatic rings. The molecule has 2 rings (SSSR count). The first-order valence-electron chi connectivity index (χ1n) is 5.34. The summed E-state index contributed by atoms with van der Waals surface area (Å²) in [6.07, 6.45) is 3.56. The van der Waals surface area contributed by atoms with Crippen LogP contribution < -0.4 is 5.73 Å². The van der Waals surface area contributed by atoms with Gasteiger partial charge in [0.25, 0.3) is 0 Å². The van der Waals surface area contributed by atoms with Crippen molar-refractivity contribution in [1.82, 2.24) is 15.0 Å². The van der Waals surface area contributed by atoms with Crippen LogP contribution in [0.25, 0.3) is 0 Å². The van der Waals surface area contributed by atoms with Crippen molar-refractivity contribution in [1.29, 1.82) is 0 Å². The highest BCUT2D eigenvalue weighted by Crippen LogP contribution is 2.24. The van der Waals surface area contributed by atoms with Crippen LogP contribution in [0.2, 0.25) is 0 Å². The van der Waals surface area contributed by atoms with Crippen LogP contribution >= 0.6 is 11.8 Å². The number of aryl methyl sites for hydroxylation is 1. The smallest absolute Gasteiger partial charge is 0.192 e. The molecule has 17 heavy (non-hydrogen) atoms. The van der Waals surface area contributed by atoms with E-state index in [1.165, 1.54) is 11.8 Å². The van der Waals surface area contributed by atoms with Gasteiger partial charge in [-0.05, 0) is 43.8 Å². The van der Waals surface area contributed by atoms with E-state index in [0.29, 0.717) is 0 Å². The van der Waals surface area contributed by atoms with Crippen molar-refractivity contribution < 1.29 is 0 Å². The van der Waals surface area contributed by atoms with Gasteiger partial charge in [0.1, 0.15) is 0 Å². The topological polar surface area (TPSA) is 64.7 Å². The lowest BCUT2D eigenvalue weighted by atomic mass is 10.2. The summed E-state index contributed by atoms with van der Waals surface area (Å²) in [7, 11) is 0. The van der Waals surface area contributed by atoms with E-state index < -0.39 is 0 Å². The summed E-state index contributed by atoms with van der Waals surface area (Å²) >= 11 is 1.50. The maximum atomic E-state index is 5.74. The second-order valence-electron chi connectivity index (χ2n) is 3.79. The fourth-order valence-corrected chi connectivity index (χ4v) is 2.06. The number of nitrogens with zero attached hydrogens (tertiary/aromatic N) is 3. The Morgan fingerprint density at radius 3 is 2.65 bits per heavy atom. The molecule has 0 bridgehead atoms. The third-order valence-electron chi connectivity index (χ3n) is 2.21. The summed E-state index contributed by atoms with van der Waals surface area (Å²) in [6, 6.07) is 5.76. The first-order valence-corrected chi connectivity index (χ1v) is 6.16. The predicted molar refractivity (Wildman–Crippen MR) is 67.7 cm³/mol. The zero-order chi connectivity index (χ0) is 12.3. The molecular formula is C12H14N4S. The molecule has 0 saturated carbocycles. The number of hydrogen-bond acceptors (Lipinski definition) is 5. The maximum Gasteiger partial charge on any atom is 0.192 e. The summed E-state index contributed by atoms with van der Waals surface area (Å²) in [5.41, 5.74) is 7.59. The fraction of sp³-hybridized carbons (Fsp3) is 0.250. The summed E-state index contributed by atoms with van der Waals surface area (Å²) in [4.78, 5) is 13.8. The van der Waals surface area contributed by atoms with Crippen molar-refractivity contribution in [3.05, 3.63) is 42.0 Å². The van der Waals surface area contributed by atoms with Gasteiger partial charge in [0, 0.05) is 29.0 Å². The van der Waals surface area contributed by atoms with Crippen molar-refractivity contribution in [2.24, 2.45) is 5.73 Å². The molecule has 2 N–H and O–H groups in total. The average molecular weight is 246 g/mol. The number of pyridine rings is 1. The van der Waals surface area contributed by atoms with Gasteiger partial charge in [0.05, 0.1) is 5.69 Å². The van der Waals surface area contributed by atoms with Crippen molar-refractivity contribution in [2.45, 2.75) is 29.9 Å². The third-order valence-corrected chi connectivity index (χ3v) is 3.06. The van der Waals surface area contributed by atoms with Crippen molar-refractivity contribution in [3.8, 4) is 0 Å². The average Bonchev–Trinajstić information content (AvgIpc) is 2.29. The molecule has 0 aliphatic heterocycles. The van der Waals surface area contributed by atoms with Crippen molar-refractivity contribution in [3.63, 3.8) is 0 Å². The molecule has 0 fully saturated rings. The van der Waals surface area contributed by atoms with E-state index in [1.807, 2.05) is 32.0 Å². The normalized spacial score (nSPS) is 12.4. The number of rotatable bonds is 3. The van der Waals surface area contributed by atoms with Gasteiger partial charge in [-0.25, -0.2) is 9.97 Å². The zero-order valence-electron chi connectivity index (χ0n) is 9.79. The van der Waals surface area contributed by atoms with Gasteiger partial charge in [0.15, 0.2) is 5.16 Å². The van der Waals surface area contributed by atoms with E-state index in [-0.39, 0.29) is 6.04 Å². The van der Waals surface area contributed by atoms with Gasteiger partial charge in [-0.3, -0.25) is 4.98 Å². The van der Waals surface area contributed by atoms with E-state index in [1.54, 1.807) is 12.4 Å². The lowest BCUT2D eigenvalue weighted by molar-refractivity contribution is 0.777. The van der Waals surface area contributed by atoms with E-state index in [9.17, 15) is 0 Å². The Morgan fingerprint density at radius 2 is 2.06 bits per heavy atom. The Kier molecular flexibility index (Phi) is 3.71. The number of hydrogen-bond donors (Lipinski definition) is 1. The van der Waals surface area contributed by atoms with Crippen LogP contribution in [0.5, 0.6) is 0 Å². The second kappa shape index (κ2) is 5.25. The summed E-state index contributed by atoms with van der Waals surface area (Å²) in [5, 5.41) is 0.736. The molecule has 0 amide bonds. The Bertz CT molecular complexity index is 496. The van der Waals surface area contributed by atoms with Crippen LogP contribution in [0.4, 0.5) is 0 Å². The van der Waals surface area contributed by atoms with Gasteiger partial charge in [0.2, 0.25) is 0 Å². The molecule has 4 nitrogen and oxygen atoms in total. The highest BCUT2D eigenvalue weighted by Gasteiger charge is 2.03. The molecule has 0 aromatic carbocycles. The first kappa shape index (κ1) is 12.0. The number of aromatic nitrogens is 3. The summed E-state index contributed by atoms with van der Waals surface area (Å²) in [5.74, 6) is 0. The molecule has 88 valence electrons. The van der Waals surface area contributed by atoms with E-state index in [2.05, 4.69) is 15.0 Å². The standard InChI is InChI=1S/C12H14N4S/c1-8-5-6-14-12(16-8)17-10-3-4-11(9(2)13)15-7-10/h3-7,9H,13H2,1-2H3/t9-/m1/s1. The van der Waals surface area contributed by atoms with Crippen LogP contribution in [0, 0.1) is 6.92 Å². The molecule has 0 aliphatic carbocycles. The van der Waals surface area contributed by atoms with Crippen LogP contribution in [0.3, 0.4) is 0 Å². The zero-order valence-corrected chi connectivity index (χ0v) is 10.6. The van der Waals surface area contributed by atoms with Gasteiger partial charge in [-0.15, -0.1) is 0 Å². The third kappa shape index (κ3) is 3.25. The SMILES string of the molecule is Cc1ccnc(Sc2ccc([C@@H](C)N)nc2)n1. The lowest BCUT2D eigenvalue weighted by Crippen LogP contribution is -2.06. The van der Waals surface area contributed by atoms with Gasteiger partial charge in [-0.1, -0.05) is 0 Å². The molecule has 0 unspecified atom stereocenters. The maximum absolute atomic E-state index is 5.74. The second-order valence-corrected chi connectivity index (χ2v) is 4.83. The summed E-state index contributed by atoms with van der Waals surface area (Å²) in [6.45, 7) is 3.86. The van der Waals surface area contributed by atoms with Crippen molar-refractivity contribution in [2.75, 3.05) is 0 Å². The van der Waals surface area contributed by atoms with Crippen LogP contribution in [-0.4, -0.2) is 15.0 Å². The predicted octanol–water partition coefficient (Wildman–Crippen LogP) is 2.35. The summed E-state index contributed by atoms with van der Waals surface area (Å²) < 4.78 is 0. The Hall–Kier alpha value is -1.46. The fourth-order valence-electron chi connectivity index (χ4n) is 1.30. The highest BCUT2D eigenvalue weighted by atomic mass is 32.2. The molecular weight excluding hydrogens is 232 g/mol. The molecule has 2 heterocycles. The molecule has 0 aliphatic rings. The van der Waals surface area contributed by atoms with E-state index in [0.717, 1.165) is 21.4 Å². The largest absolute Gasteiger partial charge is 0.323 e. The molecule has 0 radical (unpaired) electrons.